The van der Waals surface area contributed by atoms with Crippen molar-refractivity contribution in [1.29, 1.82) is 0 Å². The molecular weight excluding hydrogens is 441 g/mol. The monoisotopic (exact) mass is 466 g/mol. The highest BCUT2D eigenvalue weighted by Gasteiger charge is 2.26. The van der Waals surface area contributed by atoms with Crippen molar-refractivity contribution < 1.29 is 10.2 Å². The van der Waals surface area contributed by atoms with Crippen LogP contribution in [0.3, 0.4) is 0 Å². The second-order valence-corrected chi connectivity index (χ2v) is 14.4. The number of aliphatic hydroxyl groups is 2. The van der Waals surface area contributed by atoms with Crippen molar-refractivity contribution in [1.82, 2.24) is 0 Å². The van der Waals surface area contributed by atoms with Crippen LogP contribution >= 0.6 is 70.6 Å². The van der Waals surface area contributed by atoms with Gasteiger partial charge in [-0.15, -0.1) is 47.0 Å². The van der Waals surface area contributed by atoms with Gasteiger partial charge in [-0.25, -0.2) is 0 Å². The third kappa shape index (κ3) is 6.94. The smallest absolute Gasteiger partial charge is 0.0597 e. The minimum absolute atomic E-state index is 0.315. The minimum Gasteiger partial charge on any atom is -0.395 e. The fraction of sp³-hybridized carbons (Fsp3) is 0.667. The van der Waals surface area contributed by atoms with Gasteiger partial charge in [0.05, 0.1) is 22.4 Å². The maximum Gasteiger partial charge on any atom is 0.0597 e. The maximum absolute atomic E-state index is 9.25. The molecule has 0 amide bonds. The molecule has 0 saturated carbocycles. The van der Waals surface area contributed by atoms with E-state index in [1.807, 2.05) is 70.6 Å². The average Bonchev–Trinajstić information content (AvgIpc) is 3.32. The number of thioether (sulfide) groups is 6. The Hall–Kier alpha value is 1.24. The Balaban J connectivity index is 1.39. The average molecular weight is 467 g/mol. The van der Waals surface area contributed by atoms with E-state index >= 15 is 0 Å². The van der Waals surface area contributed by atoms with Crippen molar-refractivity contribution >= 4 is 70.6 Å². The van der Waals surface area contributed by atoms with Gasteiger partial charge in [0.25, 0.3) is 0 Å². The SMILES string of the molecule is OCC1CSC(CSCc2ccccc2CSCC2SCC(CO)S2)S1. The Kier molecular flexibility index (Phi) is 10.2. The maximum atomic E-state index is 9.25. The van der Waals surface area contributed by atoms with Gasteiger partial charge >= 0.3 is 0 Å². The van der Waals surface area contributed by atoms with Gasteiger partial charge in [0.2, 0.25) is 0 Å². The Morgan fingerprint density at radius 3 is 1.65 bits per heavy atom. The van der Waals surface area contributed by atoms with Crippen molar-refractivity contribution in [3.63, 3.8) is 0 Å². The van der Waals surface area contributed by atoms with Gasteiger partial charge in [-0.1, -0.05) is 24.3 Å². The Morgan fingerprint density at radius 1 is 0.808 bits per heavy atom. The lowest BCUT2D eigenvalue weighted by Crippen LogP contribution is -2.07. The summed E-state index contributed by atoms with van der Waals surface area (Å²) in [6.45, 7) is 0.630. The molecule has 0 aliphatic carbocycles. The standard InChI is InChI=1S/C18H26O2S6/c19-5-15-9-23-17(25-15)11-21-7-13-3-1-2-4-14(13)8-22-12-18-24-10-16(6-20)26-18/h1-4,15-20H,5-12H2. The van der Waals surface area contributed by atoms with Crippen LogP contribution in [0.2, 0.25) is 0 Å². The minimum atomic E-state index is 0.315. The molecule has 0 bridgehead atoms. The van der Waals surface area contributed by atoms with Crippen LogP contribution < -0.4 is 0 Å². The zero-order valence-electron chi connectivity index (χ0n) is 14.6. The van der Waals surface area contributed by atoms with Crippen molar-refractivity contribution in [3.8, 4) is 0 Å². The van der Waals surface area contributed by atoms with Gasteiger partial charge in [0.1, 0.15) is 0 Å². The molecule has 3 rings (SSSR count). The first-order valence-corrected chi connectivity index (χ1v) is 15.1. The lowest BCUT2D eigenvalue weighted by Gasteiger charge is -2.13. The van der Waals surface area contributed by atoms with Crippen molar-refractivity contribution in [2.24, 2.45) is 0 Å². The van der Waals surface area contributed by atoms with E-state index in [2.05, 4.69) is 24.3 Å². The fourth-order valence-corrected chi connectivity index (χ4v) is 12.2. The first-order chi connectivity index (χ1) is 12.8. The highest BCUT2D eigenvalue weighted by atomic mass is 32.2. The predicted octanol–water partition coefficient (Wildman–Crippen LogP) is 4.49. The van der Waals surface area contributed by atoms with E-state index < -0.39 is 0 Å². The molecule has 0 spiro atoms. The summed E-state index contributed by atoms with van der Waals surface area (Å²) in [5.41, 5.74) is 2.94. The second kappa shape index (κ2) is 12.1. The zero-order chi connectivity index (χ0) is 18.2. The molecule has 2 N–H and O–H groups in total. The van der Waals surface area contributed by atoms with Gasteiger partial charge < -0.3 is 10.2 Å². The summed E-state index contributed by atoms with van der Waals surface area (Å²) in [6, 6.07) is 8.85. The lowest BCUT2D eigenvalue weighted by molar-refractivity contribution is 0.301. The van der Waals surface area contributed by atoms with E-state index in [4.69, 9.17) is 0 Å². The van der Waals surface area contributed by atoms with Crippen molar-refractivity contribution in [2.75, 3.05) is 36.2 Å². The third-order valence-electron chi connectivity index (χ3n) is 4.17. The van der Waals surface area contributed by atoms with Crippen LogP contribution in [0.1, 0.15) is 11.1 Å². The van der Waals surface area contributed by atoms with Crippen LogP contribution in [-0.4, -0.2) is 66.1 Å². The predicted molar refractivity (Wildman–Crippen MR) is 128 cm³/mol. The number of benzene rings is 1. The fourth-order valence-electron chi connectivity index (χ4n) is 2.75. The quantitative estimate of drug-likeness (QED) is 0.523. The molecular formula is C18H26O2S6. The molecule has 4 unspecified atom stereocenters. The van der Waals surface area contributed by atoms with E-state index in [0.29, 0.717) is 32.9 Å². The molecule has 4 atom stereocenters. The molecule has 26 heavy (non-hydrogen) atoms. The Bertz CT molecular complexity index is 499. The highest BCUT2D eigenvalue weighted by Crippen LogP contribution is 2.41. The number of hydrogen-bond donors (Lipinski definition) is 2. The molecule has 2 nitrogen and oxygen atoms in total. The molecule has 2 heterocycles. The van der Waals surface area contributed by atoms with E-state index in [0.717, 1.165) is 34.5 Å². The first-order valence-electron chi connectivity index (χ1n) is 8.76. The van der Waals surface area contributed by atoms with Crippen LogP contribution in [0.4, 0.5) is 0 Å². The number of aliphatic hydroxyl groups excluding tert-OH is 2. The first kappa shape index (κ1) is 21.9. The van der Waals surface area contributed by atoms with Gasteiger partial charge in [0, 0.05) is 45.0 Å². The van der Waals surface area contributed by atoms with Crippen LogP contribution in [-0.2, 0) is 11.5 Å². The van der Waals surface area contributed by atoms with Gasteiger partial charge in [0.15, 0.2) is 0 Å². The molecule has 0 radical (unpaired) electrons. The summed E-state index contributed by atoms with van der Waals surface area (Å²) < 4.78 is 1.27. The zero-order valence-corrected chi connectivity index (χ0v) is 19.5. The summed E-state index contributed by atoms with van der Waals surface area (Å²) in [6.07, 6.45) is 0. The van der Waals surface area contributed by atoms with Crippen LogP contribution in [0.25, 0.3) is 0 Å². The van der Waals surface area contributed by atoms with Crippen LogP contribution in [0, 0.1) is 0 Å². The van der Waals surface area contributed by atoms with E-state index in [1.54, 1.807) is 0 Å². The van der Waals surface area contributed by atoms with E-state index in [9.17, 15) is 10.2 Å². The molecule has 146 valence electrons. The van der Waals surface area contributed by atoms with Crippen LogP contribution in [0.15, 0.2) is 24.3 Å². The molecule has 8 heteroatoms. The number of hydrogen-bond acceptors (Lipinski definition) is 8. The highest BCUT2D eigenvalue weighted by molar-refractivity contribution is 8.22. The van der Waals surface area contributed by atoms with Crippen molar-refractivity contribution in [3.05, 3.63) is 35.4 Å². The molecule has 1 aromatic carbocycles. The summed E-state index contributed by atoms with van der Waals surface area (Å²) in [4.78, 5) is 0. The second-order valence-electron chi connectivity index (χ2n) is 6.21. The molecule has 2 saturated heterocycles. The molecule has 2 aliphatic heterocycles. The van der Waals surface area contributed by atoms with E-state index in [1.165, 1.54) is 11.1 Å². The van der Waals surface area contributed by atoms with E-state index in [-0.39, 0.29) is 0 Å². The van der Waals surface area contributed by atoms with Crippen molar-refractivity contribution in [2.45, 2.75) is 31.2 Å². The lowest BCUT2D eigenvalue weighted by atomic mass is 10.1. The summed E-state index contributed by atoms with van der Waals surface area (Å²) in [5.74, 6) is 6.66. The Morgan fingerprint density at radius 2 is 1.27 bits per heavy atom. The molecule has 2 fully saturated rings. The largest absolute Gasteiger partial charge is 0.395 e. The van der Waals surface area contributed by atoms with Gasteiger partial charge in [-0.3, -0.25) is 0 Å². The van der Waals surface area contributed by atoms with Gasteiger partial charge in [-0.2, -0.15) is 23.5 Å². The van der Waals surface area contributed by atoms with Crippen LogP contribution in [0.5, 0.6) is 0 Å². The Labute approximate surface area is 182 Å². The topological polar surface area (TPSA) is 40.5 Å². The normalized spacial score (nSPS) is 28.7. The summed E-state index contributed by atoms with van der Waals surface area (Å²) in [7, 11) is 0. The summed E-state index contributed by atoms with van der Waals surface area (Å²) >= 11 is 11.9. The van der Waals surface area contributed by atoms with Gasteiger partial charge in [-0.05, 0) is 11.1 Å². The summed E-state index contributed by atoms with van der Waals surface area (Å²) in [5, 5.41) is 19.4. The third-order valence-corrected chi connectivity index (χ3v) is 13.7. The molecule has 1 aromatic rings. The molecule has 2 aliphatic rings. The molecule has 0 aromatic heterocycles. The number of rotatable bonds is 10.